The van der Waals surface area contributed by atoms with Gasteiger partial charge in [0.15, 0.2) is 0 Å². The Morgan fingerprint density at radius 2 is 1.62 bits per heavy atom. The third-order valence-electron chi connectivity index (χ3n) is 4.49. The van der Waals surface area contributed by atoms with Gasteiger partial charge in [-0.2, -0.15) is 0 Å². The monoisotopic (exact) mass is 344 g/mol. The quantitative estimate of drug-likeness (QED) is 0.631. The zero-order valence-corrected chi connectivity index (χ0v) is 15.1. The van der Waals surface area contributed by atoms with Gasteiger partial charge in [-0.05, 0) is 48.2 Å². The highest BCUT2D eigenvalue weighted by Gasteiger charge is 2.16. The van der Waals surface area contributed by atoms with Crippen LogP contribution in [0.25, 0.3) is 0 Å². The smallest absolute Gasteiger partial charge is 0.254 e. The van der Waals surface area contributed by atoms with Gasteiger partial charge in [0.2, 0.25) is 0 Å². The number of carbonyl (C=O) groups is 1. The van der Waals surface area contributed by atoms with Gasteiger partial charge >= 0.3 is 0 Å². The van der Waals surface area contributed by atoms with Gasteiger partial charge in [0.1, 0.15) is 0 Å². The molecular formula is C23H24N2O. The third-order valence-corrected chi connectivity index (χ3v) is 4.49. The van der Waals surface area contributed by atoms with E-state index in [4.69, 9.17) is 0 Å². The average molecular weight is 344 g/mol. The molecule has 0 fully saturated rings. The van der Waals surface area contributed by atoms with Gasteiger partial charge < -0.3 is 4.90 Å². The lowest BCUT2D eigenvalue weighted by Gasteiger charge is -2.23. The predicted molar refractivity (Wildman–Crippen MR) is 105 cm³/mol. The van der Waals surface area contributed by atoms with Crippen LogP contribution < -0.4 is 0 Å². The second kappa shape index (κ2) is 8.95. The van der Waals surface area contributed by atoms with Crippen molar-refractivity contribution in [3.63, 3.8) is 0 Å². The molecule has 0 saturated carbocycles. The summed E-state index contributed by atoms with van der Waals surface area (Å²) in [6, 6.07) is 24.0. The fraction of sp³-hybridized carbons (Fsp3) is 0.217. The van der Waals surface area contributed by atoms with E-state index in [1.165, 1.54) is 11.1 Å². The van der Waals surface area contributed by atoms with Crippen molar-refractivity contribution in [2.75, 3.05) is 6.54 Å². The van der Waals surface area contributed by atoms with Crippen molar-refractivity contribution < 1.29 is 4.79 Å². The molecule has 0 aliphatic carbocycles. The third kappa shape index (κ3) is 4.79. The Bertz CT molecular complexity index is 814. The first kappa shape index (κ1) is 17.9. The molecule has 26 heavy (non-hydrogen) atoms. The highest BCUT2D eigenvalue weighted by atomic mass is 16.2. The molecular weight excluding hydrogens is 320 g/mol. The zero-order valence-electron chi connectivity index (χ0n) is 15.1. The molecule has 0 unspecified atom stereocenters. The summed E-state index contributed by atoms with van der Waals surface area (Å²) in [5.41, 5.74) is 4.10. The van der Waals surface area contributed by atoms with E-state index < -0.39 is 0 Å². The Hall–Kier alpha value is -2.94. The van der Waals surface area contributed by atoms with Crippen LogP contribution in [0.4, 0.5) is 0 Å². The molecule has 3 heteroatoms. The van der Waals surface area contributed by atoms with Crippen LogP contribution in [0.3, 0.4) is 0 Å². The van der Waals surface area contributed by atoms with Crippen LogP contribution >= 0.6 is 0 Å². The fourth-order valence-electron chi connectivity index (χ4n) is 2.91. The molecule has 2 aromatic carbocycles. The summed E-state index contributed by atoms with van der Waals surface area (Å²) in [6.45, 7) is 3.29. The molecule has 0 radical (unpaired) electrons. The van der Waals surface area contributed by atoms with E-state index in [0.29, 0.717) is 13.1 Å². The van der Waals surface area contributed by atoms with Crippen LogP contribution in [0.15, 0.2) is 79.0 Å². The zero-order chi connectivity index (χ0) is 18.2. The minimum absolute atomic E-state index is 0.0502. The lowest BCUT2D eigenvalue weighted by atomic mass is 10.1. The van der Waals surface area contributed by atoms with Crippen molar-refractivity contribution in [1.29, 1.82) is 0 Å². The van der Waals surface area contributed by atoms with Crippen molar-refractivity contribution >= 4 is 5.91 Å². The van der Waals surface area contributed by atoms with Crippen molar-refractivity contribution in [1.82, 2.24) is 9.88 Å². The lowest BCUT2D eigenvalue weighted by Crippen LogP contribution is -2.32. The van der Waals surface area contributed by atoms with Gasteiger partial charge in [0.25, 0.3) is 5.91 Å². The Labute approximate surface area is 155 Å². The second-order valence-corrected chi connectivity index (χ2v) is 6.33. The average Bonchev–Trinajstić information content (AvgIpc) is 2.72. The molecule has 132 valence electrons. The molecule has 0 saturated heterocycles. The Kier molecular flexibility index (Phi) is 6.15. The molecule has 0 N–H and O–H groups in total. The van der Waals surface area contributed by atoms with Crippen LogP contribution in [0.1, 0.15) is 34.1 Å². The highest BCUT2D eigenvalue weighted by Crippen LogP contribution is 2.12. The van der Waals surface area contributed by atoms with E-state index in [1.807, 2.05) is 65.6 Å². The number of rotatable bonds is 7. The number of benzene rings is 2. The van der Waals surface area contributed by atoms with E-state index in [2.05, 4.69) is 24.0 Å². The molecule has 0 spiro atoms. The van der Waals surface area contributed by atoms with Crippen LogP contribution in [0.2, 0.25) is 0 Å². The number of amides is 1. The second-order valence-electron chi connectivity index (χ2n) is 6.33. The number of hydrogen-bond acceptors (Lipinski definition) is 2. The maximum Gasteiger partial charge on any atom is 0.254 e. The maximum absolute atomic E-state index is 13.1. The van der Waals surface area contributed by atoms with Crippen molar-refractivity contribution in [2.45, 2.75) is 26.3 Å². The molecule has 3 nitrogen and oxygen atoms in total. The maximum atomic E-state index is 13.1. The summed E-state index contributed by atoms with van der Waals surface area (Å²) in [5.74, 6) is 0.0502. The summed E-state index contributed by atoms with van der Waals surface area (Å²) < 4.78 is 0. The summed E-state index contributed by atoms with van der Waals surface area (Å²) >= 11 is 0. The molecule has 1 amide bonds. The topological polar surface area (TPSA) is 33.2 Å². The molecule has 3 aromatic rings. The minimum atomic E-state index is 0.0502. The minimum Gasteiger partial charge on any atom is -0.332 e. The first-order valence-electron chi connectivity index (χ1n) is 9.08. The number of pyridine rings is 1. The van der Waals surface area contributed by atoms with Gasteiger partial charge in [-0.15, -0.1) is 0 Å². The van der Waals surface area contributed by atoms with Gasteiger partial charge in [-0.25, -0.2) is 0 Å². The Morgan fingerprint density at radius 1 is 0.885 bits per heavy atom. The van der Waals surface area contributed by atoms with Crippen molar-refractivity contribution in [2.24, 2.45) is 0 Å². The van der Waals surface area contributed by atoms with E-state index in [1.54, 1.807) is 6.20 Å². The Morgan fingerprint density at radius 3 is 2.27 bits per heavy atom. The van der Waals surface area contributed by atoms with E-state index in [-0.39, 0.29) is 5.91 Å². The normalized spacial score (nSPS) is 10.5. The fourth-order valence-corrected chi connectivity index (χ4v) is 2.91. The predicted octanol–water partition coefficient (Wildman–Crippen LogP) is 4.53. The molecule has 0 aliphatic heterocycles. The van der Waals surface area contributed by atoms with Gasteiger partial charge in [-0.3, -0.25) is 9.78 Å². The molecule has 0 bridgehead atoms. The van der Waals surface area contributed by atoms with Crippen LogP contribution in [-0.4, -0.2) is 22.3 Å². The summed E-state index contributed by atoms with van der Waals surface area (Å²) in [5, 5.41) is 0. The molecule has 0 atom stereocenters. The largest absolute Gasteiger partial charge is 0.332 e. The van der Waals surface area contributed by atoms with E-state index >= 15 is 0 Å². The standard InChI is InChI=1S/C23H24N2O/c1-2-19-11-13-21(14-12-19)23(26)25(18-22-10-6-7-16-24-22)17-15-20-8-4-3-5-9-20/h3-14,16H,2,15,17-18H2,1H3. The number of aromatic nitrogens is 1. The Balaban J connectivity index is 1.77. The summed E-state index contributed by atoms with van der Waals surface area (Å²) in [4.78, 5) is 19.3. The molecule has 3 rings (SSSR count). The lowest BCUT2D eigenvalue weighted by molar-refractivity contribution is 0.0743. The van der Waals surface area contributed by atoms with Crippen LogP contribution in [-0.2, 0) is 19.4 Å². The molecule has 1 aromatic heterocycles. The van der Waals surface area contributed by atoms with Gasteiger partial charge in [-0.1, -0.05) is 55.5 Å². The van der Waals surface area contributed by atoms with Gasteiger partial charge in [0.05, 0.1) is 12.2 Å². The van der Waals surface area contributed by atoms with Gasteiger partial charge in [0, 0.05) is 18.3 Å². The summed E-state index contributed by atoms with van der Waals surface area (Å²) in [6.07, 6.45) is 3.57. The van der Waals surface area contributed by atoms with Crippen molar-refractivity contribution in [3.05, 3.63) is 101 Å². The number of nitrogens with zero attached hydrogens (tertiary/aromatic N) is 2. The SMILES string of the molecule is CCc1ccc(C(=O)N(CCc2ccccc2)Cc2ccccn2)cc1. The van der Waals surface area contributed by atoms with Crippen LogP contribution in [0, 0.1) is 0 Å². The van der Waals surface area contributed by atoms with Crippen LogP contribution in [0.5, 0.6) is 0 Å². The highest BCUT2D eigenvalue weighted by molar-refractivity contribution is 5.94. The number of aryl methyl sites for hydroxylation is 1. The molecule has 0 aliphatic rings. The summed E-state index contributed by atoms with van der Waals surface area (Å²) in [7, 11) is 0. The first-order valence-corrected chi connectivity index (χ1v) is 9.08. The number of hydrogen-bond donors (Lipinski definition) is 0. The number of carbonyl (C=O) groups excluding carboxylic acids is 1. The first-order chi connectivity index (χ1) is 12.8. The van der Waals surface area contributed by atoms with E-state index in [9.17, 15) is 4.79 Å². The molecule has 1 heterocycles. The van der Waals surface area contributed by atoms with Crippen molar-refractivity contribution in [3.8, 4) is 0 Å². The van der Waals surface area contributed by atoms with E-state index in [0.717, 1.165) is 24.1 Å².